The minimum atomic E-state index is -0.728. The van der Waals surface area contributed by atoms with Crippen LogP contribution in [0.25, 0.3) is 76.1 Å². The Balaban J connectivity index is 1.09. The zero-order valence-electron chi connectivity index (χ0n) is 35.4. The molecule has 0 aromatic heterocycles. The third-order valence-corrected chi connectivity index (χ3v) is 14.2. The minimum absolute atomic E-state index is 0.728. The van der Waals surface area contributed by atoms with Crippen molar-refractivity contribution in [2.75, 3.05) is 4.90 Å². The maximum atomic E-state index is 7.59. The summed E-state index contributed by atoms with van der Waals surface area (Å²) in [5, 5.41) is 11.9. The fourth-order valence-electron chi connectivity index (χ4n) is 11.7. The lowest BCUT2D eigenvalue weighted by Crippen LogP contribution is -2.33. The van der Waals surface area contributed by atoms with Crippen molar-refractivity contribution in [2.45, 2.75) is 5.41 Å². The molecule has 1 aliphatic heterocycles. The van der Waals surface area contributed by atoms with Crippen LogP contribution >= 0.6 is 0 Å². The highest BCUT2D eigenvalue weighted by atomic mass is 16.5. The molecule has 0 unspecified atom stereocenters. The first kappa shape index (κ1) is 36.1. The van der Waals surface area contributed by atoms with E-state index >= 15 is 0 Å². The van der Waals surface area contributed by atoms with Crippen molar-refractivity contribution < 1.29 is 4.74 Å². The molecule has 0 amide bonds. The molecular weight excluding hydrogens is 787 g/mol. The molecule has 65 heavy (non-hydrogen) atoms. The number of anilines is 3. The largest absolute Gasteiger partial charge is 0.455 e. The zero-order valence-corrected chi connectivity index (χ0v) is 35.4. The Hall–Kier alpha value is -8.46. The topological polar surface area (TPSA) is 12.5 Å². The molecule has 1 spiro atoms. The van der Waals surface area contributed by atoms with Crippen LogP contribution in [0.1, 0.15) is 22.3 Å². The van der Waals surface area contributed by atoms with Gasteiger partial charge in [0.25, 0.3) is 0 Å². The molecule has 12 aromatic carbocycles. The highest BCUT2D eigenvalue weighted by Crippen LogP contribution is 2.67. The van der Waals surface area contributed by atoms with Gasteiger partial charge in [0.05, 0.1) is 11.1 Å². The molecule has 2 aliphatic rings. The summed E-state index contributed by atoms with van der Waals surface area (Å²) in [6.07, 6.45) is 0. The van der Waals surface area contributed by atoms with Crippen LogP contribution in [0.3, 0.4) is 0 Å². The molecular formula is C63H39NO. The lowest BCUT2D eigenvalue weighted by molar-refractivity contribution is 0.451. The van der Waals surface area contributed by atoms with E-state index in [4.69, 9.17) is 4.74 Å². The van der Waals surface area contributed by atoms with Gasteiger partial charge in [-0.3, -0.25) is 0 Å². The second kappa shape index (κ2) is 13.8. The van der Waals surface area contributed by atoms with E-state index in [-0.39, 0.29) is 0 Å². The molecule has 0 saturated carbocycles. The summed E-state index contributed by atoms with van der Waals surface area (Å²) in [4.78, 5) is 2.37. The Labute approximate surface area is 376 Å². The second-order valence-corrected chi connectivity index (χ2v) is 17.4. The van der Waals surface area contributed by atoms with Gasteiger partial charge >= 0.3 is 0 Å². The SMILES string of the molecule is c1ccc(N(c2ccccc2)c2cccc3cc(-c4cccc5c4-c4ccccc4C54c5c(c6ccccc6c6ccccc56)Oc5c4c4ccccc4c4ccccc54)ccc23)cc1. The first-order valence-corrected chi connectivity index (χ1v) is 22.5. The van der Waals surface area contributed by atoms with E-state index in [9.17, 15) is 0 Å². The van der Waals surface area contributed by atoms with Crippen LogP contribution in [-0.2, 0) is 5.41 Å². The molecule has 2 heteroatoms. The summed E-state index contributed by atoms with van der Waals surface area (Å²) in [7, 11) is 0. The highest BCUT2D eigenvalue weighted by molar-refractivity contribution is 6.19. The van der Waals surface area contributed by atoms with Crippen molar-refractivity contribution in [3.63, 3.8) is 0 Å². The summed E-state index contributed by atoms with van der Waals surface area (Å²) < 4.78 is 7.59. The molecule has 12 aromatic rings. The average Bonchev–Trinajstić information content (AvgIpc) is 3.67. The number of hydrogen-bond donors (Lipinski definition) is 0. The first-order chi connectivity index (χ1) is 32.3. The maximum Gasteiger partial charge on any atom is 0.140 e. The van der Waals surface area contributed by atoms with Crippen LogP contribution in [0.4, 0.5) is 17.1 Å². The van der Waals surface area contributed by atoms with Gasteiger partial charge in [-0.15, -0.1) is 0 Å². The van der Waals surface area contributed by atoms with E-state index in [1.807, 2.05) is 0 Å². The predicted octanol–water partition coefficient (Wildman–Crippen LogP) is 17.1. The maximum absolute atomic E-state index is 7.59. The third-order valence-electron chi connectivity index (χ3n) is 14.2. The molecule has 0 saturated heterocycles. The van der Waals surface area contributed by atoms with Crippen LogP contribution in [0.15, 0.2) is 237 Å². The quantitative estimate of drug-likeness (QED) is 0.164. The number of rotatable bonds is 4. The van der Waals surface area contributed by atoms with Crippen molar-refractivity contribution in [1.29, 1.82) is 0 Å². The average molecular weight is 826 g/mol. The van der Waals surface area contributed by atoms with Gasteiger partial charge in [0.1, 0.15) is 11.5 Å². The van der Waals surface area contributed by atoms with Gasteiger partial charge in [0.2, 0.25) is 0 Å². The molecule has 0 N–H and O–H groups in total. The number of fused-ring (bicyclic) bond motifs is 20. The lowest BCUT2D eigenvalue weighted by Gasteiger charge is -2.42. The molecule has 0 atom stereocenters. The van der Waals surface area contributed by atoms with E-state index in [0.29, 0.717) is 0 Å². The summed E-state index contributed by atoms with van der Waals surface area (Å²) in [6.45, 7) is 0. The number of benzene rings is 12. The van der Waals surface area contributed by atoms with Crippen molar-refractivity contribution in [3.8, 4) is 33.8 Å². The Bertz CT molecular complexity index is 3760. The second-order valence-electron chi connectivity index (χ2n) is 17.4. The van der Waals surface area contributed by atoms with E-state index in [1.54, 1.807) is 0 Å². The van der Waals surface area contributed by atoms with E-state index in [1.165, 1.54) is 87.6 Å². The Morgan fingerprint density at radius 1 is 0.323 bits per heavy atom. The summed E-state index contributed by atoms with van der Waals surface area (Å²) in [5.74, 6) is 1.86. The summed E-state index contributed by atoms with van der Waals surface area (Å²) in [5.41, 5.74) is 12.5. The van der Waals surface area contributed by atoms with Crippen LogP contribution < -0.4 is 9.64 Å². The molecule has 0 bridgehead atoms. The fraction of sp³-hybridized carbons (Fsp3) is 0.0159. The van der Waals surface area contributed by atoms with Gasteiger partial charge in [-0.25, -0.2) is 0 Å². The molecule has 0 fully saturated rings. The Morgan fingerprint density at radius 2 is 0.785 bits per heavy atom. The molecule has 302 valence electrons. The van der Waals surface area contributed by atoms with Gasteiger partial charge in [0.15, 0.2) is 0 Å². The van der Waals surface area contributed by atoms with Crippen LogP contribution in [0, 0.1) is 0 Å². The monoisotopic (exact) mass is 825 g/mol. The standard InChI is InChI=1S/C63H39NO/c1-3-20-42(21-4-1)64(43-22-5-2-6-23-43)57-36-17-19-40-39-41(37-38-44(40)57)45-33-18-35-56-58(45)54-32-15-16-34-55(54)63(56)59-50-28-11-7-24-46(50)48-26-9-13-30-52(48)61(59)65-62-53-31-14-10-27-49(53)47-25-8-12-29-51(47)60(62)63/h1-39H. The smallest absolute Gasteiger partial charge is 0.140 e. The highest BCUT2D eigenvalue weighted by Gasteiger charge is 2.54. The van der Waals surface area contributed by atoms with E-state index in [0.717, 1.165) is 39.3 Å². The van der Waals surface area contributed by atoms with Gasteiger partial charge < -0.3 is 9.64 Å². The Morgan fingerprint density at radius 3 is 1.38 bits per heavy atom. The van der Waals surface area contributed by atoms with Crippen molar-refractivity contribution in [2.24, 2.45) is 0 Å². The molecule has 1 heterocycles. The van der Waals surface area contributed by atoms with Crippen molar-refractivity contribution >= 4 is 70.9 Å². The molecule has 1 aliphatic carbocycles. The Kier molecular flexibility index (Phi) is 7.64. The van der Waals surface area contributed by atoms with Gasteiger partial charge in [0, 0.05) is 38.7 Å². The van der Waals surface area contributed by atoms with Gasteiger partial charge in [-0.05, 0) is 107 Å². The molecule has 14 rings (SSSR count). The first-order valence-electron chi connectivity index (χ1n) is 22.5. The molecule has 2 nitrogen and oxygen atoms in total. The minimum Gasteiger partial charge on any atom is -0.455 e. The zero-order chi connectivity index (χ0) is 42.6. The predicted molar refractivity (Wildman–Crippen MR) is 271 cm³/mol. The van der Waals surface area contributed by atoms with Gasteiger partial charge in [-0.1, -0.05) is 200 Å². The van der Waals surface area contributed by atoms with Crippen LogP contribution in [-0.4, -0.2) is 0 Å². The van der Waals surface area contributed by atoms with E-state index < -0.39 is 5.41 Å². The lowest BCUT2D eigenvalue weighted by atomic mass is 9.63. The molecule has 0 radical (unpaired) electrons. The van der Waals surface area contributed by atoms with Crippen molar-refractivity contribution in [1.82, 2.24) is 0 Å². The summed E-state index contributed by atoms with van der Waals surface area (Å²) in [6, 6.07) is 86.9. The number of hydrogen-bond acceptors (Lipinski definition) is 2. The number of para-hydroxylation sites is 2. The van der Waals surface area contributed by atoms with E-state index in [2.05, 4.69) is 241 Å². The van der Waals surface area contributed by atoms with Crippen molar-refractivity contribution in [3.05, 3.63) is 259 Å². The normalized spacial score (nSPS) is 13.2. The fourth-order valence-corrected chi connectivity index (χ4v) is 11.7. The van der Waals surface area contributed by atoms with Gasteiger partial charge in [-0.2, -0.15) is 0 Å². The number of ether oxygens (including phenoxy) is 1. The third kappa shape index (κ3) is 4.94. The van der Waals surface area contributed by atoms with Crippen LogP contribution in [0.5, 0.6) is 11.5 Å². The summed E-state index contributed by atoms with van der Waals surface area (Å²) >= 11 is 0. The number of nitrogens with zero attached hydrogens (tertiary/aromatic N) is 1. The van der Waals surface area contributed by atoms with Crippen LogP contribution in [0.2, 0.25) is 0 Å².